The maximum atomic E-state index is 13.2. The number of carbonyl (C=O) groups excluding carboxylic acids is 4. The zero-order valence-corrected chi connectivity index (χ0v) is 25.3. The van der Waals surface area contributed by atoms with Gasteiger partial charge in [0.15, 0.2) is 6.10 Å². The second-order valence-corrected chi connectivity index (χ2v) is 11.6. The van der Waals surface area contributed by atoms with Gasteiger partial charge in [0.2, 0.25) is 6.29 Å². The molecule has 12 heteroatoms. The van der Waals surface area contributed by atoms with E-state index in [0.29, 0.717) is 23.9 Å². The van der Waals surface area contributed by atoms with Gasteiger partial charge in [0, 0.05) is 50.6 Å². The number of hydrogen-bond acceptors (Lipinski definition) is 10. The summed E-state index contributed by atoms with van der Waals surface area (Å²) in [7, 11) is 0. The highest BCUT2D eigenvalue weighted by atomic mass is 35.5. The Kier molecular flexibility index (Phi) is 9.52. The molecule has 0 N–H and O–H groups in total. The molecule has 4 rings (SSSR count). The molecule has 42 heavy (non-hydrogen) atoms. The molecule has 1 fully saturated rings. The molecule has 2 aromatic rings. The number of anilines is 1. The molecule has 0 bridgehead atoms. The van der Waals surface area contributed by atoms with Crippen LogP contribution >= 0.6 is 11.6 Å². The Morgan fingerprint density at radius 3 is 2.26 bits per heavy atom. The Balaban J connectivity index is 1.73. The van der Waals surface area contributed by atoms with Crippen LogP contribution in [-0.2, 0) is 38.1 Å². The van der Waals surface area contributed by atoms with Crippen molar-refractivity contribution in [3.05, 3.63) is 35.9 Å². The molecule has 2 heterocycles. The maximum absolute atomic E-state index is 13.2. The molecule has 5 atom stereocenters. The summed E-state index contributed by atoms with van der Waals surface area (Å²) in [5, 5.41) is 1.60. The lowest BCUT2D eigenvalue weighted by Gasteiger charge is -2.40. The van der Waals surface area contributed by atoms with Gasteiger partial charge in [-0.15, -0.1) is 11.6 Å². The fraction of sp³-hybridized carbons (Fsp3) is 0.533. The minimum Gasteiger partial charge on any atom is -0.464 e. The predicted octanol–water partition coefficient (Wildman–Crippen LogP) is 4.84. The number of benzene rings is 2. The second kappa shape index (κ2) is 12.7. The molecular weight excluding hydrogens is 570 g/mol. The van der Waals surface area contributed by atoms with E-state index in [0.717, 1.165) is 16.3 Å². The second-order valence-electron chi connectivity index (χ2n) is 11.3. The van der Waals surface area contributed by atoms with Crippen LogP contribution in [0.15, 0.2) is 30.3 Å². The third-order valence-corrected chi connectivity index (χ3v) is 7.11. The summed E-state index contributed by atoms with van der Waals surface area (Å²) < 4.78 is 34.3. The van der Waals surface area contributed by atoms with Crippen LogP contribution in [0.2, 0.25) is 0 Å². The first-order chi connectivity index (χ1) is 19.8. The van der Waals surface area contributed by atoms with Crippen LogP contribution in [0.5, 0.6) is 5.75 Å². The van der Waals surface area contributed by atoms with Crippen LogP contribution in [0, 0.1) is 0 Å². The van der Waals surface area contributed by atoms with Gasteiger partial charge in [-0.3, -0.25) is 19.3 Å². The number of carbonyl (C=O) groups is 4. The van der Waals surface area contributed by atoms with E-state index in [1.165, 1.54) is 20.8 Å². The van der Waals surface area contributed by atoms with Crippen molar-refractivity contribution in [1.29, 1.82) is 0 Å². The van der Waals surface area contributed by atoms with Gasteiger partial charge in [-0.25, -0.2) is 4.79 Å². The molecule has 0 saturated carbocycles. The molecule has 0 aromatic heterocycles. The van der Waals surface area contributed by atoms with Crippen molar-refractivity contribution >= 4 is 52.1 Å². The van der Waals surface area contributed by atoms with Gasteiger partial charge in [-0.2, -0.15) is 0 Å². The van der Waals surface area contributed by atoms with E-state index in [-0.39, 0.29) is 18.9 Å². The van der Waals surface area contributed by atoms with Crippen LogP contribution in [0.25, 0.3) is 10.8 Å². The quantitative estimate of drug-likeness (QED) is 0.246. The number of rotatable bonds is 7. The molecule has 2 aliphatic rings. The van der Waals surface area contributed by atoms with Crippen molar-refractivity contribution in [1.82, 2.24) is 0 Å². The van der Waals surface area contributed by atoms with E-state index in [9.17, 15) is 19.2 Å². The average molecular weight is 606 g/mol. The number of hydrogen-bond donors (Lipinski definition) is 0. The summed E-state index contributed by atoms with van der Waals surface area (Å²) in [5.74, 6) is -1.21. The monoisotopic (exact) mass is 605 g/mol. The molecule has 1 amide bonds. The van der Waals surface area contributed by atoms with Gasteiger partial charge in [-0.1, -0.05) is 24.3 Å². The highest BCUT2D eigenvalue weighted by molar-refractivity contribution is 6.19. The van der Waals surface area contributed by atoms with Crippen molar-refractivity contribution < 1.29 is 47.6 Å². The minimum atomic E-state index is -1.03. The number of fused-ring (bicyclic) bond motifs is 3. The van der Waals surface area contributed by atoms with Crippen molar-refractivity contribution in [3.8, 4) is 5.75 Å². The number of ether oxygens (including phenoxy) is 6. The van der Waals surface area contributed by atoms with Crippen LogP contribution in [-0.4, -0.2) is 73.2 Å². The molecule has 0 aliphatic carbocycles. The molecule has 1 saturated heterocycles. The minimum absolute atomic E-state index is 0.0135. The highest BCUT2D eigenvalue weighted by Gasteiger charge is 2.45. The van der Waals surface area contributed by atoms with Gasteiger partial charge in [-0.05, 0) is 31.7 Å². The lowest BCUT2D eigenvalue weighted by atomic mass is 9.95. The fourth-order valence-electron chi connectivity index (χ4n) is 5.24. The summed E-state index contributed by atoms with van der Waals surface area (Å²) in [6.07, 6.45) is -4.45. The number of halogens is 1. The zero-order chi connectivity index (χ0) is 30.8. The van der Waals surface area contributed by atoms with E-state index < -0.39 is 54.2 Å². The van der Waals surface area contributed by atoms with E-state index >= 15 is 0 Å². The first kappa shape index (κ1) is 31.4. The van der Waals surface area contributed by atoms with Crippen LogP contribution < -0.4 is 9.64 Å². The van der Waals surface area contributed by atoms with Crippen LogP contribution in [0.3, 0.4) is 0 Å². The van der Waals surface area contributed by atoms with Crippen LogP contribution in [0.4, 0.5) is 10.5 Å². The van der Waals surface area contributed by atoms with E-state index in [1.54, 1.807) is 31.7 Å². The first-order valence-corrected chi connectivity index (χ1v) is 14.2. The summed E-state index contributed by atoms with van der Waals surface area (Å²) >= 11 is 6.37. The third-order valence-electron chi connectivity index (χ3n) is 6.74. The molecule has 1 unspecified atom stereocenters. The SMILES string of the molecule is CC(=O)OC[C@H]1O[C@@H](Oc2cc3c(c4ccccc24)[C@H](CCl)CN3C(=O)OC(C)(C)C)CC(OC(C)=O)[C@H]1OC(C)=O. The molecule has 2 aromatic carbocycles. The molecule has 2 aliphatic heterocycles. The molecule has 0 spiro atoms. The maximum Gasteiger partial charge on any atom is 0.414 e. The van der Waals surface area contributed by atoms with Crippen molar-refractivity contribution in [3.63, 3.8) is 0 Å². The number of alkyl halides is 1. The van der Waals surface area contributed by atoms with Crippen molar-refractivity contribution in [2.45, 2.75) is 84.1 Å². The van der Waals surface area contributed by atoms with E-state index in [4.69, 9.17) is 40.0 Å². The standard InChI is InChI=1S/C30H36ClNO10/c1-16(33)37-15-25-28(39-18(3)35)24(38-17(2)34)12-26(41-25)40-23-11-22-27(21-10-8-7-9-20(21)23)19(13-31)14-32(22)29(36)42-30(4,5)6/h7-11,19,24-26,28H,12-15H2,1-6H3/t19-,24?,25-,26-,28-/m1/s1. The summed E-state index contributed by atoms with van der Waals surface area (Å²) in [6.45, 7) is 9.16. The van der Waals surface area contributed by atoms with E-state index in [1.807, 2.05) is 24.3 Å². The third kappa shape index (κ3) is 7.25. The smallest absolute Gasteiger partial charge is 0.414 e. The fourth-order valence-corrected chi connectivity index (χ4v) is 5.49. The lowest BCUT2D eigenvalue weighted by molar-refractivity contribution is -0.245. The Bertz CT molecular complexity index is 1360. The van der Waals surface area contributed by atoms with Crippen LogP contribution in [0.1, 0.15) is 59.4 Å². The highest BCUT2D eigenvalue weighted by Crippen LogP contribution is 2.46. The van der Waals surface area contributed by atoms with Gasteiger partial charge in [0.1, 0.15) is 30.2 Å². The molecular formula is C30H36ClNO10. The summed E-state index contributed by atoms with van der Waals surface area (Å²) in [5.41, 5.74) is 0.804. The van der Waals surface area contributed by atoms with Gasteiger partial charge < -0.3 is 28.4 Å². The number of nitrogens with zero attached hydrogens (tertiary/aromatic N) is 1. The van der Waals surface area contributed by atoms with E-state index in [2.05, 4.69) is 0 Å². The molecule has 0 radical (unpaired) electrons. The Morgan fingerprint density at radius 1 is 1.00 bits per heavy atom. The average Bonchev–Trinajstić information content (AvgIpc) is 3.26. The topological polar surface area (TPSA) is 127 Å². The molecule has 228 valence electrons. The Morgan fingerprint density at radius 2 is 1.67 bits per heavy atom. The first-order valence-electron chi connectivity index (χ1n) is 13.7. The zero-order valence-electron chi connectivity index (χ0n) is 24.5. The predicted molar refractivity (Wildman–Crippen MR) is 153 cm³/mol. The Labute approximate surface area is 249 Å². The summed E-state index contributed by atoms with van der Waals surface area (Å²) in [4.78, 5) is 50.2. The van der Waals surface area contributed by atoms with Crippen molar-refractivity contribution in [2.75, 3.05) is 23.9 Å². The van der Waals surface area contributed by atoms with Gasteiger partial charge in [0.25, 0.3) is 0 Å². The van der Waals surface area contributed by atoms with Gasteiger partial charge in [0.05, 0.1) is 12.1 Å². The number of amides is 1. The summed E-state index contributed by atoms with van der Waals surface area (Å²) in [6, 6.07) is 9.32. The Hall–Kier alpha value is -3.57. The lowest BCUT2D eigenvalue weighted by Crippen LogP contribution is -2.54. The molecule has 11 nitrogen and oxygen atoms in total. The normalized spacial score (nSPS) is 23.6. The largest absolute Gasteiger partial charge is 0.464 e. The van der Waals surface area contributed by atoms with Gasteiger partial charge >= 0.3 is 24.0 Å². The number of esters is 3. The van der Waals surface area contributed by atoms with Crippen molar-refractivity contribution in [2.24, 2.45) is 0 Å².